The second-order valence-corrected chi connectivity index (χ2v) is 11.3. The van der Waals surface area contributed by atoms with Crippen LogP contribution in [-0.4, -0.2) is 79.1 Å². The van der Waals surface area contributed by atoms with Crippen LogP contribution in [0.3, 0.4) is 0 Å². The van der Waals surface area contributed by atoms with Crippen molar-refractivity contribution < 1.29 is 28.4 Å². The summed E-state index contributed by atoms with van der Waals surface area (Å²) in [5.74, 6) is 2.36. The molecule has 10 heteroatoms. The fraction of sp³-hybridized carbons (Fsp3) is 0.600. The minimum atomic E-state index is -0.122. The number of rotatable bonds is 3. The first-order valence-electron chi connectivity index (χ1n) is 14.4. The zero-order valence-corrected chi connectivity index (χ0v) is 23.7. The molecule has 0 unspecified atom stereocenters. The van der Waals surface area contributed by atoms with Gasteiger partial charge in [0.2, 0.25) is 11.8 Å². The van der Waals surface area contributed by atoms with Gasteiger partial charge >= 0.3 is 0 Å². The molecule has 0 spiro atoms. The lowest BCUT2D eigenvalue weighted by atomic mass is 9.77. The predicted octanol–water partition coefficient (Wildman–Crippen LogP) is 3.15. The van der Waals surface area contributed by atoms with Gasteiger partial charge in [-0.3, -0.25) is 14.4 Å². The number of hydrogen-bond acceptors (Lipinski definition) is 7. The Bertz CT molecular complexity index is 1240. The van der Waals surface area contributed by atoms with Crippen molar-refractivity contribution in [2.45, 2.75) is 64.3 Å². The zero-order chi connectivity index (χ0) is 28.2. The van der Waals surface area contributed by atoms with E-state index in [0.29, 0.717) is 74.8 Å². The minimum absolute atomic E-state index is 0.0138. The van der Waals surface area contributed by atoms with Crippen molar-refractivity contribution in [3.63, 3.8) is 0 Å². The quantitative estimate of drug-likeness (QED) is 0.622. The molecular formula is C30H40N4O6. The van der Waals surface area contributed by atoms with Gasteiger partial charge in [0.1, 0.15) is 5.76 Å². The predicted molar refractivity (Wildman–Crippen MR) is 147 cm³/mol. The van der Waals surface area contributed by atoms with Gasteiger partial charge in [-0.25, -0.2) is 0 Å². The highest BCUT2D eigenvalue weighted by molar-refractivity contribution is 5.92. The molecule has 5 rings (SSSR count). The Morgan fingerprint density at radius 3 is 2.62 bits per heavy atom. The largest absolute Gasteiger partial charge is 0.493 e. The smallest absolute Gasteiger partial charge is 0.276 e. The van der Waals surface area contributed by atoms with Gasteiger partial charge in [-0.15, -0.1) is 0 Å². The molecule has 1 aromatic carbocycles. The highest BCUT2D eigenvalue weighted by atomic mass is 16.5. The number of likely N-dealkylation sites (tertiary alicyclic amines) is 1. The van der Waals surface area contributed by atoms with E-state index in [1.807, 2.05) is 15.9 Å². The topological polar surface area (TPSA) is 114 Å². The lowest BCUT2D eigenvalue weighted by molar-refractivity contribution is -0.140. The van der Waals surface area contributed by atoms with E-state index < -0.39 is 0 Å². The molecule has 0 radical (unpaired) electrons. The number of nitrogens with one attached hydrogen (secondary N) is 1. The molecule has 40 heavy (non-hydrogen) atoms. The molecule has 2 aromatic rings. The molecule has 1 N–H and O–H groups in total. The molecule has 3 atom stereocenters. The van der Waals surface area contributed by atoms with Gasteiger partial charge in [-0.05, 0) is 74.5 Å². The fourth-order valence-corrected chi connectivity index (χ4v) is 6.70. The summed E-state index contributed by atoms with van der Waals surface area (Å²) < 4.78 is 16.4. The van der Waals surface area contributed by atoms with Gasteiger partial charge in [0.25, 0.3) is 5.91 Å². The number of aryl methyl sites for hydroxylation is 3. The van der Waals surface area contributed by atoms with Crippen molar-refractivity contribution in [2.75, 3.05) is 40.4 Å². The second-order valence-electron chi connectivity index (χ2n) is 11.3. The molecule has 4 heterocycles. The van der Waals surface area contributed by atoms with E-state index in [9.17, 15) is 14.4 Å². The van der Waals surface area contributed by atoms with Crippen molar-refractivity contribution in [3.8, 4) is 11.5 Å². The van der Waals surface area contributed by atoms with Gasteiger partial charge in [-0.2, -0.15) is 0 Å². The Labute approximate surface area is 235 Å². The molecule has 0 saturated carbocycles. The normalized spacial score (nSPS) is 24.2. The van der Waals surface area contributed by atoms with Gasteiger partial charge < -0.3 is 29.1 Å². The summed E-state index contributed by atoms with van der Waals surface area (Å²) in [6, 6.07) is 5.71. The number of amides is 3. The van der Waals surface area contributed by atoms with Gasteiger partial charge in [0.05, 0.1) is 14.2 Å². The number of fused-ring (bicyclic) bond motifs is 6. The number of piperidine rings is 2. The van der Waals surface area contributed by atoms with Crippen LogP contribution in [0.1, 0.15) is 65.9 Å². The Morgan fingerprint density at radius 1 is 1.02 bits per heavy atom. The maximum absolute atomic E-state index is 13.7. The maximum Gasteiger partial charge on any atom is 0.276 e. The first-order chi connectivity index (χ1) is 19.4. The van der Waals surface area contributed by atoms with E-state index in [1.165, 1.54) is 0 Å². The summed E-state index contributed by atoms with van der Waals surface area (Å²) in [6.07, 6.45) is 5.35. The molecule has 3 amide bonds. The summed E-state index contributed by atoms with van der Waals surface area (Å²) in [4.78, 5) is 43.4. The van der Waals surface area contributed by atoms with Crippen molar-refractivity contribution in [1.82, 2.24) is 20.3 Å². The van der Waals surface area contributed by atoms with Crippen LogP contribution in [0.5, 0.6) is 11.5 Å². The van der Waals surface area contributed by atoms with E-state index in [1.54, 1.807) is 27.2 Å². The lowest BCUT2D eigenvalue weighted by Gasteiger charge is -2.51. The average Bonchev–Trinajstić information content (AvgIpc) is 3.39. The number of aromatic nitrogens is 1. The van der Waals surface area contributed by atoms with Crippen molar-refractivity contribution in [3.05, 3.63) is 40.8 Å². The van der Waals surface area contributed by atoms with E-state index in [-0.39, 0.29) is 35.6 Å². The summed E-state index contributed by atoms with van der Waals surface area (Å²) in [7, 11) is 3.25. The molecule has 0 aliphatic carbocycles. The standard InChI is InChI=1S/C30H40N4O6/c1-19-12-24(32-40-19)30(37)33-16-21-14-23(18-33)25-7-4-8-27(35)31-11-5-6-22-13-20(9-10-28(36)34(25)17-21)15-26(38-2)29(22)39-3/h12-13,15,21,23,25H,4-11,14,16-18H2,1-3H3,(H,31,35)/t21-,23+,25-/m0/s1. The molecule has 2 saturated heterocycles. The summed E-state index contributed by atoms with van der Waals surface area (Å²) >= 11 is 0. The second kappa shape index (κ2) is 12.3. The SMILES string of the molecule is COc1cc2cc(c1OC)CCCNC(=O)CCC[C@H]1[C@@H]3C[C@@H](CN(C(=O)c4cc(C)on4)C3)CN1C(=O)CC2. The molecule has 1 aromatic heterocycles. The van der Waals surface area contributed by atoms with Crippen LogP contribution in [-0.2, 0) is 22.4 Å². The van der Waals surface area contributed by atoms with E-state index in [2.05, 4.69) is 16.5 Å². The van der Waals surface area contributed by atoms with Crippen LogP contribution in [0.25, 0.3) is 0 Å². The van der Waals surface area contributed by atoms with E-state index in [4.69, 9.17) is 14.0 Å². The van der Waals surface area contributed by atoms with E-state index >= 15 is 0 Å². The van der Waals surface area contributed by atoms with Crippen LogP contribution in [0.15, 0.2) is 22.7 Å². The highest BCUT2D eigenvalue weighted by Gasteiger charge is 2.43. The van der Waals surface area contributed by atoms with Gasteiger partial charge in [-0.1, -0.05) is 11.2 Å². The molecule has 10 nitrogen and oxygen atoms in total. The van der Waals surface area contributed by atoms with Crippen molar-refractivity contribution >= 4 is 17.7 Å². The van der Waals surface area contributed by atoms with Crippen LogP contribution in [0, 0.1) is 18.8 Å². The first kappa shape index (κ1) is 28.0. The monoisotopic (exact) mass is 552 g/mol. The minimum Gasteiger partial charge on any atom is -0.493 e. The number of hydrogen-bond donors (Lipinski definition) is 1. The van der Waals surface area contributed by atoms with Crippen LogP contribution < -0.4 is 14.8 Å². The molecule has 216 valence electrons. The lowest BCUT2D eigenvalue weighted by Crippen LogP contribution is -2.60. The number of nitrogens with zero attached hydrogens (tertiary/aromatic N) is 3. The summed E-state index contributed by atoms with van der Waals surface area (Å²) in [6.45, 7) is 4.15. The molecule has 3 aliphatic rings. The molecular weight excluding hydrogens is 512 g/mol. The summed E-state index contributed by atoms with van der Waals surface area (Å²) in [5, 5.41) is 6.97. The summed E-state index contributed by atoms with van der Waals surface area (Å²) in [5.41, 5.74) is 2.38. The van der Waals surface area contributed by atoms with Crippen LogP contribution >= 0.6 is 0 Å². The Kier molecular flexibility index (Phi) is 8.61. The third-order valence-electron chi connectivity index (χ3n) is 8.52. The van der Waals surface area contributed by atoms with E-state index in [0.717, 1.165) is 36.8 Å². The van der Waals surface area contributed by atoms with Crippen molar-refractivity contribution in [2.24, 2.45) is 11.8 Å². The Morgan fingerprint density at radius 2 is 1.88 bits per heavy atom. The van der Waals surface area contributed by atoms with Gasteiger partial charge in [0, 0.05) is 51.1 Å². The molecule has 2 fully saturated rings. The van der Waals surface area contributed by atoms with Gasteiger partial charge in [0.15, 0.2) is 17.2 Å². The Hall–Kier alpha value is -3.56. The number of benzene rings is 1. The third-order valence-corrected chi connectivity index (χ3v) is 8.52. The number of carbonyl (C=O) groups excluding carboxylic acids is 3. The molecule has 3 aliphatic heterocycles. The number of ether oxygens (including phenoxy) is 2. The van der Waals surface area contributed by atoms with Crippen molar-refractivity contribution in [1.29, 1.82) is 0 Å². The van der Waals surface area contributed by atoms with Crippen LogP contribution in [0.2, 0.25) is 0 Å². The first-order valence-corrected chi connectivity index (χ1v) is 14.4. The van der Waals surface area contributed by atoms with Crippen LogP contribution in [0.4, 0.5) is 0 Å². The third kappa shape index (κ3) is 6.10. The molecule has 4 bridgehead atoms. The zero-order valence-electron chi connectivity index (χ0n) is 23.7. The number of carbonyl (C=O) groups is 3. The fourth-order valence-electron chi connectivity index (χ4n) is 6.70. The maximum atomic E-state index is 13.7. The number of methoxy groups -OCH3 is 2. The Balaban J connectivity index is 1.37. The highest BCUT2D eigenvalue weighted by Crippen LogP contribution is 2.37. The average molecular weight is 553 g/mol.